The van der Waals surface area contributed by atoms with E-state index >= 15 is 0 Å². The van der Waals surface area contributed by atoms with E-state index in [9.17, 15) is 5.11 Å². The van der Waals surface area contributed by atoms with E-state index in [1.54, 1.807) is 0 Å². The highest BCUT2D eigenvalue weighted by Gasteiger charge is 2.31. The van der Waals surface area contributed by atoms with Gasteiger partial charge in [0.2, 0.25) is 0 Å². The van der Waals surface area contributed by atoms with Gasteiger partial charge in [0.15, 0.2) is 0 Å². The largest absolute Gasteiger partial charge is 0.389 e. The maximum absolute atomic E-state index is 9.87. The molecule has 0 amide bonds. The number of aromatic nitrogens is 1. The van der Waals surface area contributed by atoms with Crippen molar-refractivity contribution in [2.24, 2.45) is 0 Å². The van der Waals surface area contributed by atoms with Gasteiger partial charge in [-0.3, -0.25) is 4.90 Å². The van der Waals surface area contributed by atoms with Crippen LogP contribution < -0.4 is 5.32 Å². The molecule has 2 N–H and O–H groups in total. The van der Waals surface area contributed by atoms with Crippen LogP contribution in [0.3, 0.4) is 0 Å². The lowest BCUT2D eigenvalue weighted by Crippen LogP contribution is -2.29. The van der Waals surface area contributed by atoms with E-state index in [1.165, 1.54) is 0 Å². The highest BCUT2D eigenvalue weighted by atomic mass is 16.3. The topological polar surface area (TPSA) is 48.4 Å². The maximum atomic E-state index is 9.87. The fourth-order valence-electron chi connectivity index (χ4n) is 2.11. The molecule has 0 saturated carbocycles. The van der Waals surface area contributed by atoms with Crippen LogP contribution in [0.5, 0.6) is 0 Å². The van der Waals surface area contributed by atoms with Crippen LogP contribution >= 0.6 is 0 Å². The summed E-state index contributed by atoms with van der Waals surface area (Å²) in [6.45, 7) is 4.38. The summed E-state index contributed by atoms with van der Waals surface area (Å²) in [5, 5.41) is 12.9. The number of aliphatic hydroxyl groups is 1. The molecular formula is C12H19N3O. The van der Waals surface area contributed by atoms with E-state index in [4.69, 9.17) is 0 Å². The first-order chi connectivity index (χ1) is 7.59. The van der Waals surface area contributed by atoms with E-state index in [2.05, 4.69) is 15.2 Å². The summed E-state index contributed by atoms with van der Waals surface area (Å²) < 4.78 is 0. The normalized spacial score (nSPS) is 25.9. The maximum Gasteiger partial charge on any atom is 0.126 e. The monoisotopic (exact) mass is 221 g/mol. The standard InChI is InChI=1S/C12H19N3O/c1-12(16)6-7-15(9-12)8-10-4-3-5-11(13-2)14-10/h3-5,16H,6-9H2,1-2H3,(H,13,14). The van der Waals surface area contributed by atoms with Crippen LogP contribution in [0.1, 0.15) is 19.0 Å². The molecule has 1 saturated heterocycles. The molecule has 1 aromatic heterocycles. The SMILES string of the molecule is CNc1cccc(CN2CCC(C)(O)C2)n1. The summed E-state index contributed by atoms with van der Waals surface area (Å²) in [4.78, 5) is 6.71. The van der Waals surface area contributed by atoms with Crippen molar-refractivity contribution >= 4 is 5.82 Å². The predicted octanol–water partition coefficient (Wildman–Crippen LogP) is 1.08. The van der Waals surface area contributed by atoms with Crippen LogP contribution in [0, 0.1) is 0 Å². The Kier molecular flexibility index (Phi) is 3.12. The zero-order valence-electron chi connectivity index (χ0n) is 9.90. The fourth-order valence-corrected chi connectivity index (χ4v) is 2.11. The number of β-amino-alcohol motifs (C(OH)–C–C–N with tert-alkyl or cyclic N) is 1. The van der Waals surface area contributed by atoms with Crippen molar-refractivity contribution in [2.45, 2.75) is 25.5 Å². The van der Waals surface area contributed by atoms with Crippen molar-refractivity contribution in [1.29, 1.82) is 0 Å². The number of likely N-dealkylation sites (tertiary alicyclic amines) is 1. The Labute approximate surface area is 96.3 Å². The molecule has 2 heterocycles. The molecule has 1 atom stereocenters. The third-order valence-electron chi connectivity index (χ3n) is 2.98. The molecule has 16 heavy (non-hydrogen) atoms. The van der Waals surface area contributed by atoms with Gasteiger partial charge in [-0.25, -0.2) is 4.98 Å². The molecule has 1 fully saturated rings. The first-order valence-corrected chi connectivity index (χ1v) is 5.67. The third kappa shape index (κ3) is 2.71. The van der Waals surface area contributed by atoms with Gasteiger partial charge in [0.1, 0.15) is 5.82 Å². The Morgan fingerprint density at radius 3 is 3.00 bits per heavy atom. The Bertz CT molecular complexity index is 365. The van der Waals surface area contributed by atoms with Gasteiger partial charge in [-0.05, 0) is 25.5 Å². The minimum atomic E-state index is -0.527. The first-order valence-electron chi connectivity index (χ1n) is 5.67. The number of hydrogen-bond acceptors (Lipinski definition) is 4. The lowest BCUT2D eigenvalue weighted by Gasteiger charge is -2.18. The van der Waals surface area contributed by atoms with E-state index in [0.29, 0.717) is 0 Å². The quantitative estimate of drug-likeness (QED) is 0.802. The minimum absolute atomic E-state index is 0.527. The highest BCUT2D eigenvalue weighted by Crippen LogP contribution is 2.21. The molecule has 0 spiro atoms. The van der Waals surface area contributed by atoms with Crippen molar-refractivity contribution < 1.29 is 5.11 Å². The summed E-state index contributed by atoms with van der Waals surface area (Å²) in [7, 11) is 1.87. The molecule has 1 aliphatic rings. The summed E-state index contributed by atoms with van der Waals surface area (Å²) in [6, 6.07) is 5.97. The Morgan fingerprint density at radius 1 is 1.56 bits per heavy atom. The highest BCUT2D eigenvalue weighted by molar-refractivity contribution is 5.34. The molecule has 4 nitrogen and oxygen atoms in total. The van der Waals surface area contributed by atoms with Crippen molar-refractivity contribution in [2.75, 3.05) is 25.5 Å². The van der Waals surface area contributed by atoms with Crippen LogP contribution in [0.2, 0.25) is 0 Å². The van der Waals surface area contributed by atoms with Crippen LogP contribution in [-0.2, 0) is 6.54 Å². The van der Waals surface area contributed by atoms with Crippen LogP contribution in [0.25, 0.3) is 0 Å². The fraction of sp³-hybridized carbons (Fsp3) is 0.583. The number of pyridine rings is 1. The number of rotatable bonds is 3. The molecule has 2 rings (SSSR count). The van der Waals surface area contributed by atoms with Gasteiger partial charge in [0.05, 0.1) is 11.3 Å². The van der Waals surface area contributed by atoms with Crippen molar-refractivity contribution in [3.05, 3.63) is 23.9 Å². The van der Waals surface area contributed by atoms with Crippen molar-refractivity contribution in [3.63, 3.8) is 0 Å². The summed E-state index contributed by atoms with van der Waals surface area (Å²) >= 11 is 0. The summed E-state index contributed by atoms with van der Waals surface area (Å²) in [5.41, 5.74) is 0.519. The number of nitrogens with one attached hydrogen (secondary N) is 1. The van der Waals surface area contributed by atoms with Gasteiger partial charge in [-0.15, -0.1) is 0 Å². The molecule has 88 valence electrons. The molecule has 1 aromatic rings. The van der Waals surface area contributed by atoms with Crippen molar-refractivity contribution in [3.8, 4) is 0 Å². The lowest BCUT2D eigenvalue weighted by atomic mass is 10.1. The average molecular weight is 221 g/mol. The first kappa shape index (κ1) is 11.4. The minimum Gasteiger partial charge on any atom is -0.389 e. The van der Waals surface area contributed by atoms with Gasteiger partial charge >= 0.3 is 0 Å². The van der Waals surface area contributed by atoms with E-state index in [1.807, 2.05) is 32.2 Å². The Balaban J connectivity index is 1.99. The average Bonchev–Trinajstić information content (AvgIpc) is 2.58. The molecule has 1 unspecified atom stereocenters. The zero-order valence-corrected chi connectivity index (χ0v) is 9.90. The smallest absolute Gasteiger partial charge is 0.126 e. The third-order valence-corrected chi connectivity index (χ3v) is 2.98. The predicted molar refractivity (Wildman–Crippen MR) is 64.3 cm³/mol. The molecule has 0 aliphatic carbocycles. The second-order valence-electron chi connectivity index (χ2n) is 4.72. The van der Waals surface area contributed by atoms with Gasteiger partial charge in [0, 0.05) is 26.7 Å². The van der Waals surface area contributed by atoms with Gasteiger partial charge < -0.3 is 10.4 Å². The molecule has 1 aliphatic heterocycles. The zero-order chi connectivity index (χ0) is 11.6. The molecule has 0 aromatic carbocycles. The Morgan fingerprint density at radius 2 is 2.38 bits per heavy atom. The molecule has 0 bridgehead atoms. The van der Waals surface area contributed by atoms with Crippen LogP contribution in [-0.4, -0.2) is 40.7 Å². The van der Waals surface area contributed by atoms with Crippen LogP contribution in [0.15, 0.2) is 18.2 Å². The Hall–Kier alpha value is -1.13. The van der Waals surface area contributed by atoms with E-state index < -0.39 is 5.60 Å². The molecular weight excluding hydrogens is 202 g/mol. The molecule has 0 radical (unpaired) electrons. The van der Waals surface area contributed by atoms with E-state index in [-0.39, 0.29) is 0 Å². The van der Waals surface area contributed by atoms with Crippen LogP contribution in [0.4, 0.5) is 5.82 Å². The van der Waals surface area contributed by atoms with Gasteiger partial charge in [-0.1, -0.05) is 6.07 Å². The number of nitrogens with zero attached hydrogens (tertiary/aromatic N) is 2. The second kappa shape index (κ2) is 4.39. The summed E-state index contributed by atoms with van der Waals surface area (Å²) in [5.74, 6) is 0.892. The second-order valence-corrected chi connectivity index (χ2v) is 4.72. The number of hydrogen-bond donors (Lipinski definition) is 2. The van der Waals surface area contributed by atoms with Gasteiger partial charge in [-0.2, -0.15) is 0 Å². The van der Waals surface area contributed by atoms with Gasteiger partial charge in [0.25, 0.3) is 0 Å². The van der Waals surface area contributed by atoms with E-state index in [0.717, 1.165) is 37.6 Å². The number of anilines is 1. The lowest BCUT2D eigenvalue weighted by molar-refractivity contribution is 0.0677. The molecule has 4 heteroatoms. The van der Waals surface area contributed by atoms with Crippen molar-refractivity contribution in [1.82, 2.24) is 9.88 Å². The summed E-state index contributed by atoms with van der Waals surface area (Å²) in [6.07, 6.45) is 0.846.